The first-order valence-electron chi connectivity index (χ1n) is 8.76. The molecule has 1 unspecified atom stereocenters. The molecule has 3 aromatic rings. The summed E-state index contributed by atoms with van der Waals surface area (Å²) in [5, 5.41) is 14.5. The van der Waals surface area contributed by atoms with Gasteiger partial charge in [-0.3, -0.25) is 0 Å². The van der Waals surface area contributed by atoms with E-state index in [-0.39, 0.29) is 12.4 Å². The molecule has 1 aliphatic rings. The van der Waals surface area contributed by atoms with E-state index in [1.807, 2.05) is 0 Å². The zero-order chi connectivity index (χ0) is 17.9. The van der Waals surface area contributed by atoms with Gasteiger partial charge in [-0.15, -0.1) is 11.3 Å². The number of anilines is 1. The first-order chi connectivity index (χ1) is 12.7. The number of aromatic nitrogens is 2. The lowest BCUT2D eigenvalue weighted by molar-refractivity contribution is 0.117. The Morgan fingerprint density at radius 2 is 2.00 bits per heavy atom. The topological polar surface area (TPSA) is 67.3 Å². The van der Waals surface area contributed by atoms with Gasteiger partial charge in [0.15, 0.2) is 0 Å². The number of hydrogen-bond donors (Lipinski definition) is 2. The molecule has 2 N–H and O–H groups in total. The van der Waals surface area contributed by atoms with Crippen LogP contribution in [0.25, 0.3) is 10.2 Å². The predicted molar refractivity (Wildman–Crippen MR) is 100 cm³/mol. The number of aliphatic hydroxyl groups is 1. The number of fused-ring (bicyclic) bond motifs is 3. The molecule has 1 aromatic carbocycles. The molecule has 26 heavy (non-hydrogen) atoms. The van der Waals surface area contributed by atoms with Gasteiger partial charge in [0.1, 0.15) is 41.3 Å². The highest BCUT2D eigenvalue weighted by Crippen LogP contribution is 2.38. The number of nitrogens with zero attached hydrogens (tertiary/aromatic N) is 2. The third-order valence-electron chi connectivity index (χ3n) is 4.51. The first-order valence-corrected chi connectivity index (χ1v) is 9.58. The van der Waals surface area contributed by atoms with Crippen molar-refractivity contribution in [3.8, 4) is 5.75 Å². The fraction of sp³-hybridized carbons (Fsp3) is 0.368. The Hall–Kier alpha value is -2.25. The van der Waals surface area contributed by atoms with E-state index < -0.39 is 6.10 Å². The van der Waals surface area contributed by atoms with E-state index in [9.17, 15) is 9.50 Å². The van der Waals surface area contributed by atoms with Gasteiger partial charge in [-0.2, -0.15) is 0 Å². The standard InChI is InChI=1S/C19H20FN3O2S/c20-12-5-7-14(8-6-12)25-10-13(24)9-21-18-17-15-3-1-2-4-16(15)26-19(17)23-11-22-18/h5-8,11,13,24H,1-4,9-10H2,(H,21,22,23). The summed E-state index contributed by atoms with van der Waals surface area (Å²) in [5.74, 6) is 0.989. The monoisotopic (exact) mass is 373 g/mol. The molecule has 5 nitrogen and oxygen atoms in total. The van der Waals surface area contributed by atoms with Gasteiger partial charge in [-0.1, -0.05) is 0 Å². The van der Waals surface area contributed by atoms with Gasteiger partial charge in [0.25, 0.3) is 0 Å². The van der Waals surface area contributed by atoms with E-state index in [1.165, 1.54) is 35.4 Å². The van der Waals surface area contributed by atoms with Crippen LogP contribution in [-0.4, -0.2) is 34.3 Å². The second-order valence-corrected chi connectivity index (χ2v) is 7.50. The molecule has 0 bridgehead atoms. The fourth-order valence-electron chi connectivity index (χ4n) is 3.22. The molecule has 2 aromatic heterocycles. The largest absolute Gasteiger partial charge is 0.491 e. The molecular formula is C19H20FN3O2S. The van der Waals surface area contributed by atoms with Gasteiger partial charge in [-0.05, 0) is 55.5 Å². The number of aryl methyl sites for hydroxylation is 2. The van der Waals surface area contributed by atoms with Gasteiger partial charge < -0.3 is 15.2 Å². The molecule has 7 heteroatoms. The van der Waals surface area contributed by atoms with Gasteiger partial charge in [0, 0.05) is 11.4 Å². The van der Waals surface area contributed by atoms with Crippen LogP contribution in [0.2, 0.25) is 0 Å². The van der Waals surface area contributed by atoms with Crippen molar-refractivity contribution in [2.45, 2.75) is 31.8 Å². The maximum atomic E-state index is 12.9. The number of rotatable bonds is 6. The summed E-state index contributed by atoms with van der Waals surface area (Å²) in [6, 6.07) is 5.75. The third-order valence-corrected chi connectivity index (χ3v) is 5.71. The summed E-state index contributed by atoms with van der Waals surface area (Å²) < 4.78 is 18.4. The number of halogens is 1. The highest BCUT2D eigenvalue weighted by molar-refractivity contribution is 7.19. The first kappa shape index (κ1) is 17.2. The molecule has 1 aliphatic carbocycles. The average molecular weight is 373 g/mol. The lowest BCUT2D eigenvalue weighted by atomic mass is 9.97. The van der Waals surface area contributed by atoms with Crippen LogP contribution in [-0.2, 0) is 12.8 Å². The summed E-state index contributed by atoms with van der Waals surface area (Å²) >= 11 is 1.75. The predicted octanol–water partition coefficient (Wildman–Crippen LogP) is 3.56. The second-order valence-electron chi connectivity index (χ2n) is 6.41. The van der Waals surface area contributed by atoms with E-state index in [0.717, 1.165) is 28.9 Å². The van der Waals surface area contributed by atoms with Crippen molar-refractivity contribution in [2.75, 3.05) is 18.5 Å². The molecule has 1 atom stereocenters. The number of benzene rings is 1. The van der Waals surface area contributed by atoms with E-state index in [0.29, 0.717) is 12.3 Å². The highest BCUT2D eigenvalue weighted by Gasteiger charge is 2.20. The van der Waals surface area contributed by atoms with E-state index in [1.54, 1.807) is 29.8 Å². The van der Waals surface area contributed by atoms with Crippen LogP contribution in [0.1, 0.15) is 23.3 Å². The van der Waals surface area contributed by atoms with Crippen LogP contribution in [0.5, 0.6) is 5.75 Å². The maximum Gasteiger partial charge on any atom is 0.138 e. The molecule has 0 fully saturated rings. The molecule has 136 valence electrons. The molecule has 0 spiro atoms. The van der Waals surface area contributed by atoms with Crippen molar-refractivity contribution < 1.29 is 14.2 Å². The van der Waals surface area contributed by atoms with Crippen molar-refractivity contribution in [3.05, 3.63) is 46.9 Å². The Morgan fingerprint density at radius 3 is 2.85 bits per heavy atom. The van der Waals surface area contributed by atoms with E-state index in [2.05, 4.69) is 15.3 Å². The number of ether oxygens (including phenoxy) is 1. The summed E-state index contributed by atoms with van der Waals surface area (Å²) in [6.45, 7) is 0.437. The SMILES string of the molecule is OC(CNc1ncnc2sc3c(c12)CCCC3)COc1ccc(F)cc1. The van der Waals surface area contributed by atoms with Crippen LogP contribution < -0.4 is 10.1 Å². The maximum absolute atomic E-state index is 12.9. The van der Waals surface area contributed by atoms with Crippen molar-refractivity contribution >= 4 is 27.4 Å². The number of nitrogens with one attached hydrogen (secondary N) is 1. The van der Waals surface area contributed by atoms with Crippen molar-refractivity contribution in [2.24, 2.45) is 0 Å². The minimum atomic E-state index is -0.709. The van der Waals surface area contributed by atoms with Gasteiger partial charge in [0.2, 0.25) is 0 Å². The molecule has 2 heterocycles. The Kier molecular flexibility index (Phi) is 4.99. The van der Waals surface area contributed by atoms with Crippen LogP contribution in [0.15, 0.2) is 30.6 Å². The van der Waals surface area contributed by atoms with Gasteiger partial charge in [-0.25, -0.2) is 14.4 Å². The molecule has 0 aliphatic heterocycles. The summed E-state index contributed by atoms with van der Waals surface area (Å²) in [7, 11) is 0. The Balaban J connectivity index is 1.41. The Bertz CT molecular complexity index is 898. The highest BCUT2D eigenvalue weighted by atomic mass is 32.1. The molecule has 4 rings (SSSR count). The number of thiophene rings is 1. The summed E-state index contributed by atoms with van der Waals surface area (Å²) in [4.78, 5) is 11.2. The van der Waals surface area contributed by atoms with Gasteiger partial charge in [0.05, 0.1) is 5.39 Å². The number of hydrogen-bond acceptors (Lipinski definition) is 6. The van der Waals surface area contributed by atoms with Gasteiger partial charge >= 0.3 is 0 Å². The summed E-state index contributed by atoms with van der Waals surface area (Å²) in [5.41, 5.74) is 1.36. The third kappa shape index (κ3) is 3.64. The number of aliphatic hydroxyl groups excluding tert-OH is 1. The second kappa shape index (κ2) is 7.55. The van der Waals surface area contributed by atoms with Crippen LogP contribution in [0, 0.1) is 5.82 Å². The lowest BCUT2D eigenvalue weighted by Gasteiger charge is -2.15. The van der Waals surface area contributed by atoms with Crippen LogP contribution >= 0.6 is 11.3 Å². The zero-order valence-corrected chi connectivity index (χ0v) is 15.1. The molecule has 0 saturated heterocycles. The Labute approximate surface area is 154 Å². The minimum Gasteiger partial charge on any atom is -0.491 e. The normalized spacial score (nSPS) is 14.8. The van der Waals surface area contributed by atoms with Crippen molar-refractivity contribution in [3.63, 3.8) is 0 Å². The van der Waals surface area contributed by atoms with Crippen molar-refractivity contribution in [1.29, 1.82) is 0 Å². The van der Waals surface area contributed by atoms with Crippen molar-refractivity contribution in [1.82, 2.24) is 9.97 Å². The smallest absolute Gasteiger partial charge is 0.138 e. The van der Waals surface area contributed by atoms with E-state index >= 15 is 0 Å². The lowest BCUT2D eigenvalue weighted by Crippen LogP contribution is -2.26. The molecule has 0 radical (unpaired) electrons. The quantitative estimate of drug-likeness (QED) is 0.692. The van der Waals surface area contributed by atoms with Crippen LogP contribution in [0.3, 0.4) is 0 Å². The zero-order valence-electron chi connectivity index (χ0n) is 14.2. The molecule has 0 saturated carbocycles. The fourth-order valence-corrected chi connectivity index (χ4v) is 4.45. The molecular weight excluding hydrogens is 353 g/mol. The Morgan fingerprint density at radius 1 is 1.19 bits per heavy atom. The summed E-state index contributed by atoms with van der Waals surface area (Å²) in [6.07, 6.45) is 5.46. The molecule has 0 amide bonds. The average Bonchev–Trinajstić information content (AvgIpc) is 3.05. The van der Waals surface area contributed by atoms with Crippen LogP contribution in [0.4, 0.5) is 10.2 Å². The van der Waals surface area contributed by atoms with E-state index in [4.69, 9.17) is 4.74 Å². The minimum absolute atomic E-state index is 0.120.